The number of rotatable bonds is 6. The van der Waals surface area contributed by atoms with Crippen molar-refractivity contribution in [3.8, 4) is 5.75 Å². The molecule has 1 aromatic carbocycles. The Morgan fingerprint density at radius 1 is 1.35 bits per heavy atom. The van der Waals surface area contributed by atoms with E-state index in [1.165, 1.54) is 6.07 Å². The monoisotopic (exact) mass is 271 g/mol. The lowest BCUT2D eigenvalue weighted by Gasteiger charge is -2.07. The molecule has 0 saturated carbocycles. The average Bonchev–Trinajstić information content (AvgIpc) is 2.45. The van der Waals surface area contributed by atoms with Crippen LogP contribution in [0.4, 0.5) is 0 Å². The second-order valence-corrected chi connectivity index (χ2v) is 4.61. The number of carbonyl (C=O) groups excluding carboxylic acids is 1. The summed E-state index contributed by atoms with van der Waals surface area (Å²) in [7, 11) is 0. The Kier molecular flexibility index (Phi) is 4.71. The Morgan fingerprint density at radius 2 is 2.15 bits per heavy atom. The number of hydrogen-bond acceptors (Lipinski definition) is 3. The van der Waals surface area contributed by atoms with Crippen molar-refractivity contribution in [2.24, 2.45) is 0 Å². The number of aldehydes is 1. The summed E-state index contributed by atoms with van der Waals surface area (Å²) < 4.78 is 5.67. The van der Waals surface area contributed by atoms with Crippen LogP contribution in [0, 0.1) is 0 Å². The van der Waals surface area contributed by atoms with Crippen molar-refractivity contribution in [2.45, 2.75) is 19.8 Å². The number of ether oxygens (including phenoxy) is 1. The van der Waals surface area contributed by atoms with E-state index in [2.05, 4.69) is 4.98 Å². The first-order valence-corrected chi connectivity index (χ1v) is 6.55. The minimum absolute atomic E-state index is 0.180. The molecule has 0 aliphatic carbocycles. The number of fused-ring (bicyclic) bond motifs is 1. The van der Waals surface area contributed by atoms with Gasteiger partial charge in [0.2, 0.25) is 0 Å². The maximum Gasteiger partial charge on any atom is 0.252 e. The molecule has 1 heterocycles. The third kappa shape index (κ3) is 3.57. The van der Waals surface area contributed by atoms with E-state index < -0.39 is 0 Å². The molecule has 0 amide bonds. The molecule has 0 unspecified atom stereocenters. The lowest BCUT2D eigenvalue weighted by atomic mass is 10.2. The fraction of sp³-hybridized carbons (Fsp3) is 0.250. The van der Waals surface area contributed by atoms with Gasteiger partial charge in [-0.1, -0.05) is 17.7 Å². The molecule has 0 fully saturated rings. The third-order valence-electron chi connectivity index (χ3n) is 3.04. The number of H-pyrrole nitrogens is 1. The molecule has 104 valence electrons. The molecule has 20 heavy (non-hydrogen) atoms. The molecular weight excluding hydrogens is 254 g/mol. The van der Waals surface area contributed by atoms with Crippen molar-refractivity contribution < 1.29 is 9.53 Å². The zero-order valence-corrected chi connectivity index (χ0v) is 11.4. The number of allylic oxidation sites excluding steroid dienone is 1. The highest BCUT2D eigenvalue weighted by Gasteiger charge is 2.03. The summed E-state index contributed by atoms with van der Waals surface area (Å²) in [6.45, 7) is 2.35. The summed E-state index contributed by atoms with van der Waals surface area (Å²) in [4.78, 5) is 24.6. The van der Waals surface area contributed by atoms with Crippen molar-refractivity contribution >= 4 is 17.2 Å². The molecule has 0 atom stereocenters. The number of nitrogens with one attached hydrogen (secondary N) is 1. The maximum atomic E-state index is 11.6. The van der Waals surface area contributed by atoms with Gasteiger partial charge in [-0.05, 0) is 31.6 Å². The van der Waals surface area contributed by atoms with Crippen molar-refractivity contribution in [1.82, 2.24) is 4.98 Å². The van der Waals surface area contributed by atoms with Crippen molar-refractivity contribution in [2.75, 3.05) is 6.61 Å². The van der Waals surface area contributed by atoms with E-state index in [9.17, 15) is 9.59 Å². The van der Waals surface area contributed by atoms with Crippen LogP contribution in [-0.4, -0.2) is 17.9 Å². The van der Waals surface area contributed by atoms with E-state index >= 15 is 0 Å². The van der Waals surface area contributed by atoms with Crippen LogP contribution in [0.3, 0.4) is 0 Å². The molecule has 0 spiro atoms. The minimum Gasteiger partial charge on any atom is -0.489 e. The number of pyridine rings is 1. The highest BCUT2D eigenvalue weighted by molar-refractivity contribution is 5.84. The number of aromatic amines is 1. The molecule has 1 aromatic heterocycles. The molecule has 0 aliphatic rings. The highest BCUT2D eigenvalue weighted by atomic mass is 16.5. The van der Waals surface area contributed by atoms with Gasteiger partial charge in [0.15, 0.2) is 0 Å². The Bertz CT molecular complexity index is 685. The molecule has 4 heteroatoms. The molecular formula is C16H17NO3. The van der Waals surface area contributed by atoms with E-state index in [0.29, 0.717) is 18.8 Å². The van der Waals surface area contributed by atoms with Crippen molar-refractivity contribution in [3.63, 3.8) is 0 Å². The van der Waals surface area contributed by atoms with Crippen LogP contribution >= 0.6 is 0 Å². The second kappa shape index (κ2) is 6.70. The Balaban J connectivity index is 2.14. The number of aromatic nitrogens is 1. The van der Waals surface area contributed by atoms with Gasteiger partial charge in [0.05, 0.1) is 5.52 Å². The first-order chi connectivity index (χ1) is 9.70. The Labute approximate surface area is 117 Å². The lowest BCUT2D eigenvalue weighted by Crippen LogP contribution is -2.06. The molecule has 2 aromatic rings. The first kappa shape index (κ1) is 14.1. The summed E-state index contributed by atoms with van der Waals surface area (Å²) in [5.41, 5.74) is 1.68. The van der Waals surface area contributed by atoms with Gasteiger partial charge in [-0.2, -0.15) is 0 Å². The van der Waals surface area contributed by atoms with Gasteiger partial charge in [-0.15, -0.1) is 0 Å². The lowest BCUT2D eigenvalue weighted by molar-refractivity contribution is -0.107. The van der Waals surface area contributed by atoms with Crippen LogP contribution in [0.15, 0.2) is 46.8 Å². The number of para-hydroxylation sites is 1. The smallest absolute Gasteiger partial charge is 0.252 e. The third-order valence-corrected chi connectivity index (χ3v) is 3.04. The van der Waals surface area contributed by atoms with Gasteiger partial charge in [0.1, 0.15) is 18.6 Å². The normalized spacial score (nSPS) is 11.6. The van der Waals surface area contributed by atoms with Crippen LogP contribution in [0.2, 0.25) is 0 Å². The quantitative estimate of drug-likeness (QED) is 0.649. The molecule has 0 bridgehead atoms. The molecule has 0 aliphatic heterocycles. The van der Waals surface area contributed by atoms with Gasteiger partial charge >= 0.3 is 0 Å². The largest absolute Gasteiger partial charge is 0.489 e. The molecule has 4 nitrogen and oxygen atoms in total. The van der Waals surface area contributed by atoms with Crippen LogP contribution in [0.25, 0.3) is 10.9 Å². The molecule has 0 saturated heterocycles. The molecule has 1 N–H and O–H groups in total. The van der Waals surface area contributed by atoms with Gasteiger partial charge < -0.3 is 14.5 Å². The fourth-order valence-corrected chi connectivity index (χ4v) is 1.95. The predicted molar refractivity (Wildman–Crippen MR) is 79.1 cm³/mol. The summed E-state index contributed by atoms with van der Waals surface area (Å²) >= 11 is 0. The van der Waals surface area contributed by atoms with Crippen LogP contribution < -0.4 is 10.3 Å². The van der Waals surface area contributed by atoms with Crippen LogP contribution in [-0.2, 0) is 4.79 Å². The summed E-state index contributed by atoms with van der Waals surface area (Å²) in [6, 6.07) is 8.97. The predicted octanol–water partition coefficient (Wildman–Crippen LogP) is 2.83. The second-order valence-electron chi connectivity index (χ2n) is 4.61. The standard InChI is InChI=1S/C16H17NO3/c1-12(5-4-9-18)8-10-20-15-11-16(19)17-14-7-3-2-6-13(14)15/h2-3,6-9,11H,4-5,10H2,1H3,(H,17,19). The fourth-order valence-electron chi connectivity index (χ4n) is 1.95. The summed E-state index contributed by atoms with van der Waals surface area (Å²) in [5, 5.41) is 0.881. The van der Waals surface area contributed by atoms with E-state index in [0.717, 1.165) is 29.2 Å². The molecule has 0 radical (unpaired) electrons. The van der Waals surface area contributed by atoms with E-state index in [4.69, 9.17) is 4.74 Å². The number of carbonyl (C=O) groups is 1. The van der Waals surface area contributed by atoms with Gasteiger partial charge in [0.25, 0.3) is 5.56 Å². The number of hydrogen-bond donors (Lipinski definition) is 1. The van der Waals surface area contributed by atoms with Gasteiger partial charge in [0, 0.05) is 17.9 Å². The summed E-state index contributed by atoms with van der Waals surface area (Å²) in [5.74, 6) is 0.573. The zero-order valence-electron chi connectivity index (χ0n) is 11.4. The Hall–Kier alpha value is -2.36. The SMILES string of the molecule is CC(=CCOc1cc(=O)[nH]c2ccccc12)CCC=O. The highest BCUT2D eigenvalue weighted by Crippen LogP contribution is 2.21. The van der Waals surface area contributed by atoms with E-state index in [1.807, 2.05) is 37.3 Å². The molecule has 2 rings (SSSR count). The zero-order chi connectivity index (χ0) is 14.4. The van der Waals surface area contributed by atoms with Crippen molar-refractivity contribution in [1.29, 1.82) is 0 Å². The first-order valence-electron chi connectivity index (χ1n) is 6.55. The topological polar surface area (TPSA) is 59.2 Å². The summed E-state index contributed by atoms with van der Waals surface area (Å²) in [6.07, 6.45) is 4.10. The average molecular weight is 271 g/mol. The number of benzene rings is 1. The van der Waals surface area contributed by atoms with E-state index in [-0.39, 0.29) is 5.56 Å². The minimum atomic E-state index is -0.180. The van der Waals surface area contributed by atoms with Gasteiger partial charge in [-0.3, -0.25) is 4.79 Å². The van der Waals surface area contributed by atoms with Crippen LogP contribution in [0.5, 0.6) is 5.75 Å². The van der Waals surface area contributed by atoms with Gasteiger partial charge in [-0.25, -0.2) is 0 Å². The maximum absolute atomic E-state index is 11.6. The Morgan fingerprint density at radius 3 is 2.95 bits per heavy atom. The van der Waals surface area contributed by atoms with Crippen LogP contribution in [0.1, 0.15) is 19.8 Å². The van der Waals surface area contributed by atoms with E-state index in [1.54, 1.807) is 0 Å². The van der Waals surface area contributed by atoms with Crippen molar-refractivity contribution in [3.05, 3.63) is 52.3 Å².